The quantitative estimate of drug-likeness (QED) is 0.728. The molecule has 0 aromatic heterocycles. The highest BCUT2D eigenvalue weighted by atomic mass is 16.5. The smallest absolute Gasteiger partial charge is 0.323 e. The molecule has 0 radical (unpaired) electrons. The number of ether oxygens (including phenoxy) is 1. The fraction of sp³-hybridized carbons (Fsp3) is 0.381. The molecule has 0 bridgehead atoms. The van der Waals surface area contributed by atoms with Crippen LogP contribution in [0, 0.1) is 0 Å². The lowest BCUT2D eigenvalue weighted by molar-refractivity contribution is -0.146. The summed E-state index contributed by atoms with van der Waals surface area (Å²) in [6, 6.07) is 20.2. The fourth-order valence-electron chi connectivity index (χ4n) is 2.89. The third kappa shape index (κ3) is 5.20. The zero-order chi connectivity index (χ0) is 17.4. The van der Waals surface area contributed by atoms with Crippen molar-refractivity contribution in [2.24, 2.45) is 0 Å². The second-order valence-corrected chi connectivity index (χ2v) is 6.15. The van der Waals surface area contributed by atoms with Crippen LogP contribution in [0.5, 0.6) is 0 Å². The number of hydrogen-bond acceptors (Lipinski definition) is 3. The third-order valence-corrected chi connectivity index (χ3v) is 4.28. The first kappa shape index (κ1) is 18.2. The van der Waals surface area contributed by atoms with Gasteiger partial charge in [-0.3, -0.25) is 10.1 Å². The van der Waals surface area contributed by atoms with Gasteiger partial charge >= 0.3 is 5.97 Å². The van der Waals surface area contributed by atoms with Gasteiger partial charge in [0, 0.05) is 6.04 Å². The summed E-state index contributed by atoms with van der Waals surface area (Å²) >= 11 is 0. The lowest BCUT2D eigenvalue weighted by Gasteiger charge is -2.25. The molecule has 3 nitrogen and oxygen atoms in total. The molecule has 3 atom stereocenters. The van der Waals surface area contributed by atoms with Gasteiger partial charge in [0.1, 0.15) is 6.04 Å². The van der Waals surface area contributed by atoms with Crippen LogP contribution in [0.2, 0.25) is 0 Å². The van der Waals surface area contributed by atoms with Gasteiger partial charge in [-0.15, -0.1) is 0 Å². The van der Waals surface area contributed by atoms with Gasteiger partial charge in [-0.25, -0.2) is 0 Å². The fourth-order valence-corrected chi connectivity index (χ4v) is 2.89. The molecule has 2 aromatic carbocycles. The Hall–Kier alpha value is -2.13. The number of rotatable bonds is 8. The van der Waals surface area contributed by atoms with Crippen LogP contribution < -0.4 is 5.32 Å². The van der Waals surface area contributed by atoms with Crippen molar-refractivity contribution in [2.75, 3.05) is 6.61 Å². The van der Waals surface area contributed by atoms with Crippen LogP contribution in [0.3, 0.4) is 0 Å². The Kier molecular flexibility index (Phi) is 7.01. The van der Waals surface area contributed by atoms with E-state index in [9.17, 15) is 4.79 Å². The highest BCUT2D eigenvalue weighted by Gasteiger charge is 2.25. The van der Waals surface area contributed by atoms with Crippen molar-refractivity contribution in [3.8, 4) is 0 Å². The number of hydrogen-bond donors (Lipinski definition) is 1. The minimum Gasteiger partial charge on any atom is -0.465 e. The Balaban J connectivity index is 2.08. The average molecular weight is 325 g/mol. The SMILES string of the molecule is CCOC(=O)C(C[C@@H](C)c1ccccc1)N[C@@H](C)c1ccccc1. The van der Waals surface area contributed by atoms with Crippen LogP contribution in [-0.4, -0.2) is 18.6 Å². The minimum atomic E-state index is -0.324. The predicted octanol–water partition coefficient (Wildman–Crippen LogP) is 4.46. The lowest BCUT2D eigenvalue weighted by atomic mass is 9.93. The number of carbonyl (C=O) groups is 1. The monoisotopic (exact) mass is 325 g/mol. The van der Waals surface area contributed by atoms with E-state index in [4.69, 9.17) is 4.74 Å². The van der Waals surface area contributed by atoms with Gasteiger partial charge in [0.25, 0.3) is 0 Å². The van der Waals surface area contributed by atoms with Gasteiger partial charge in [-0.1, -0.05) is 67.6 Å². The van der Waals surface area contributed by atoms with E-state index < -0.39 is 0 Å². The average Bonchev–Trinajstić information content (AvgIpc) is 2.62. The molecule has 0 aliphatic carbocycles. The number of nitrogens with one attached hydrogen (secondary N) is 1. The highest BCUT2D eigenvalue weighted by molar-refractivity contribution is 5.76. The van der Waals surface area contributed by atoms with Crippen molar-refractivity contribution < 1.29 is 9.53 Å². The first-order valence-electron chi connectivity index (χ1n) is 8.64. The Labute approximate surface area is 145 Å². The molecule has 0 saturated carbocycles. The van der Waals surface area contributed by atoms with Gasteiger partial charge in [-0.05, 0) is 37.3 Å². The molecule has 1 N–H and O–H groups in total. The van der Waals surface area contributed by atoms with Gasteiger partial charge in [0.15, 0.2) is 0 Å². The zero-order valence-corrected chi connectivity index (χ0v) is 14.7. The molecule has 0 fully saturated rings. The first-order valence-corrected chi connectivity index (χ1v) is 8.64. The van der Waals surface area contributed by atoms with Gasteiger partial charge in [-0.2, -0.15) is 0 Å². The van der Waals surface area contributed by atoms with Crippen molar-refractivity contribution in [3.05, 3.63) is 71.8 Å². The summed E-state index contributed by atoms with van der Waals surface area (Å²) in [5.41, 5.74) is 2.40. The lowest BCUT2D eigenvalue weighted by Crippen LogP contribution is -2.40. The summed E-state index contributed by atoms with van der Waals surface area (Å²) in [7, 11) is 0. The van der Waals surface area contributed by atoms with Crippen molar-refractivity contribution in [3.63, 3.8) is 0 Å². The molecule has 128 valence electrons. The molecule has 0 heterocycles. The van der Waals surface area contributed by atoms with Crippen LogP contribution in [0.4, 0.5) is 0 Å². The zero-order valence-electron chi connectivity index (χ0n) is 14.7. The normalized spacial score (nSPS) is 14.6. The molecule has 24 heavy (non-hydrogen) atoms. The molecule has 0 aliphatic rings. The maximum absolute atomic E-state index is 12.4. The van der Waals surface area contributed by atoms with Crippen molar-refractivity contribution in [1.29, 1.82) is 0 Å². The van der Waals surface area contributed by atoms with Crippen molar-refractivity contribution in [1.82, 2.24) is 5.32 Å². The summed E-state index contributed by atoms with van der Waals surface area (Å²) in [5, 5.41) is 3.44. The molecule has 0 saturated heterocycles. The largest absolute Gasteiger partial charge is 0.465 e. The molecule has 3 heteroatoms. The van der Waals surface area contributed by atoms with Crippen LogP contribution >= 0.6 is 0 Å². The number of carbonyl (C=O) groups excluding carboxylic acids is 1. The summed E-state index contributed by atoms with van der Waals surface area (Å²) in [6.45, 7) is 6.47. The summed E-state index contributed by atoms with van der Waals surface area (Å²) in [6.07, 6.45) is 0.708. The molecular formula is C21H27NO2. The topological polar surface area (TPSA) is 38.3 Å². The Morgan fingerprint density at radius 1 is 0.958 bits per heavy atom. The standard InChI is InChI=1S/C21H27NO2/c1-4-24-21(23)20(15-16(2)18-11-7-5-8-12-18)22-17(3)19-13-9-6-10-14-19/h5-14,16-17,20,22H,4,15H2,1-3H3/t16-,17+,20?/m1/s1. The Bertz CT molecular complexity index is 565. The van der Waals surface area contributed by atoms with E-state index in [0.717, 1.165) is 0 Å². The van der Waals surface area contributed by atoms with Gasteiger partial charge in [0.05, 0.1) is 6.61 Å². The third-order valence-electron chi connectivity index (χ3n) is 4.28. The van der Waals surface area contributed by atoms with Crippen LogP contribution in [0.25, 0.3) is 0 Å². The Morgan fingerprint density at radius 3 is 2.04 bits per heavy atom. The van der Waals surface area contributed by atoms with E-state index in [0.29, 0.717) is 13.0 Å². The molecule has 0 amide bonds. The van der Waals surface area contributed by atoms with Crippen LogP contribution in [-0.2, 0) is 9.53 Å². The molecular weight excluding hydrogens is 298 g/mol. The van der Waals surface area contributed by atoms with Crippen molar-refractivity contribution >= 4 is 5.97 Å². The second-order valence-electron chi connectivity index (χ2n) is 6.15. The van der Waals surface area contributed by atoms with E-state index in [1.807, 2.05) is 43.3 Å². The molecule has 0 spiro atoms. The van der Waals surface area contributed by atoms with Gasteiger partial charge in [0.2, 0.25) is 0 Å². The predicted molar refractivity (Wildman–Crippen MR) is 97.9 cm³/mol. The van der Waals surface area contributed by atoms with Crippen LogP contribution in [0.1, 0.15) is 50.3 Å². The van der Waals surface area contributed by atoms with Crippen LogP contribution in [0.15, 0.2) is 60.7 Å². The maximum atomic E-state index is 12.4. The molecule has 2 aromatic rings. The summed E-state index contributed by atoms with van der Waals surface area (Å²) in [5.74, 6) is 0.0964. The summed E-state index contributed by atoms with van der Waals surface area (Å²) in [4.78, 5) is 12.4. The van der Waals surface area contributed by atoms with Gasteiger partial charge < -0.3 is 4.74 Å². The van der Waals surface area contributed by atoms with E-state index in [1.54, 1.807) is 0 Å². The second kappa shape index (κ2) is 9.24. The maximum Gasteiger partial charge on any atom is 0.323 e. The van der Waals surface area contributed by atoms with E-state index in [-0.39, 0.29) is 24.0 Å². The highest BCUT2D eigenvalue weighted by Crippen LogP contribution is 2.22. The van der Waals surface area contributed by atoms with E-state index >= 15 is 0 Å². The molecule has 0 aliphatic heterocycles. The van der Waals surface area contributed by atoms with E-state index in [2.05, 4.69) is 43.4 Å². The van der Waals surface area contributed by atoms with Crippen molar-refractivity contribution in [2.45, 2.75) is 45.2 Å². The first-order chi connectivity index (χ1) is 11.6. The molecule has 1 unspecified atom stereocenters. The number of benzene rings is 2. The summed E-state index contributed by atoms with van der Waals surface area (Å²) < 4.78 is 5.28. The molecule has 2 rings (SSSR count). The Morgan fingerprint density at radius 2 is 1.50 bits per heavy atom. The van der Waals surface area contributed by atoms with E-state index in [1.165, 1.54) is 11.1 Å². The minimum absolute atomic E-state index is 0.0866. The number of esters is 1.